The fourth-order valence-electron chi connectivity index (χ4n) is 6.61. The van der Waals surface area contributed by atoms with E-state index in [-0.39, 0.29) is 19.4 Å². The highest BCUT2D eigenvalue weighted by Crippen LogP contribution is 2.24. The number of aliphatic hydroxyl groups is 3. The van der Waals surface area contributed by atoms with Gasteiger partial charge >= 0.3 is 11.9 Å². The largest absolute Gasteiger partial charge is 0.462 e. The van der Waals surface area contributed by atoms with Crippen molar-refractivity contribution < 1.29 is 56.8 Å². The first-order chi connectivity index (χ1) is 27.0. The molecule has 0 radical (unpaired) electrons. The molecule has 4 N–H and O–H groups in total. The number of unbranched alkanes of at least 4 members (excludes halogenated alkanes) is 21. The number of allylic oxidation sites excluding steroid dienone is 4. The molecule has 0 amide bonds. The van der Waals surface area contributed by atoms with Crippen LogP contribution in [0.2, 0.25) is 0 Å². The number of ether oxygens (including phenoxy) is 4. The molecule has 1 saturated heterocycles. The Morgan fingerprint density at radius 1 is 0.607 bits per heavy atom. The van der Waals surface area contributed by atoms with Crippen molar-refractivity contribution in [3.05, 3.63) is 24.3 Å². The quantitative estimate of drug-likeness (QED) is 0.0205. The maximum absolute atomic E-state index is 12.8. The lowest BCUT2D eigenvalue weighted by atomic mass is 10.00. The molecule has 0 spiro atoms. The molecule has 1 aliphatic heterocycles. The van der Waals surface area contributed by atoms with E-state index in [0.29, 0.717) is 12.8 Å². The predicted octanol–water partition coefficient (Wildman–Crippen LogP) is 8.45. The van der Waals surface area contributed by atoms with E-state index in [1.54, 1.807) is 0 Å². The van der Waals surface area contributed by atoms with E-state index in [4.69, 9.17) is 18.9 Å². The van der Waals surface area contributed by atoms with Crippen LogP contribution in [0.3, 0.4) is 0 Å². The predicted molar refractivity (Wildman–Crippen MR) is 220 cm³/mol. The first-order valence-corrected chi connectivity index (χ1v) is 23.5. The summed E-state index contributed by atoms with van der Waals surface area (Å²) in [4.78, 5) is 25.3. The van der Waals surface area contributed by atoms with Crippen molar-refractivity contribution in [1.82, 2.24) is 0 Å². The van der Waals surface area contributed by atoms with Crippen molar-refractivity contribution in [3.8, 4) is 0 Å². The van der Waals surface area contributed by atoms with Crippen molar-refractivity contribution >= 4 is 22.1 Å². The van der Waals surface area contributed by atoms with Gasteiger partial charge in [0.15, 0.2) is 12.4 Å². The van der Waals surface area contributed by atoms with Gasteiger partial charge in [-0.25, -0.2) is 0 Å². The summed E-state index contributed by atoms with van der Waals surface area (Å²) in [7, 11) is -4.60. The highest BCUT2D eigenvalue weighted by atomic mass is 32.2. The minimum absolute atomic E-state index is 0.149. The van der Waals surface area contributed by atoms with Gasteiger partial charge in [-0.1, -0.05) is 154 Å². The van der Waals surface area contributed by atoms with Crippen molar-refractivity contribution in [2.24, 2.45) is 0 Å². The summed E-state index contributed by atoms with van der Waals surface area (Å²) in [6.45, 7) is 3.72. The van der Waals surface area contributed by atoms with Gasteiger partial charge in [-0.05, 0) is 38.5 Å². The van der Waals surface area contributed by atoms with Crippen LogP contribution < -0.4 is 0 Å². The molecule has 0 aromatic heterocycles. The third kappa shape index (κ3) is 28.5. The van der Waals surface area contributed by atoms with Crippen molar-refractivity contribution in [2.75, 3.05) is 19.0 Å². The van der Waals surface area contributed by atoms with Crippen molar-refractivity contribution in [1.29, 1.82) is 0 Å². The zero-order chi connectivity index (χ0) is 41.3. The Balaban J connectivity index is 2.48. The van der Waals surface area contributed by atoms with Crippen molar-refractivity contribution in [2.45, 2.75) is 218 Å². The molecular weight excluding hydrogens is 741 g/mol. The standard InChI is InChI=1S/C43H78O12S/c1-3-5-7-9-11-13-15-17-18-20-22-24-26-28-30-32-39(45)54-36(34-53-43-42(48)41(47)40(46)37(55-43)35-56(49,50)51)33-52-38(44)31-29-27-25-23-21-19-16-14-12-10-8-6-4-2/h13,15,17-18,36-37,40-43,46-48H,3-12,14,16,19-35H2,1-2H3,(H,49,50,51)/b15-13+,18-17+/t36-,37-,40-,41?,42?,43+/m1/s1. The molecule has 13 heteroatoms. The van der Waals surface area contributed by atoms with Crippen molar-refractivity contribution in [3.63, 3.8) is 0 Å². The minimum Gasteiger partial charge on any atom is -0.462 e. The fraction of sp³-hybridized carbons (Fsp3) is 0.860. The number of aliphatic hydroxyl groups excluding tert-OH is 3. The lowest BCUT2D eigenvalue weighted by Gasteiger charge is -2.40. The zero-order valence-corrected chi connectivity index (χ0v) is 35.6. The molecule has 1 rings (SSSR count). The number of hydrogen-bond acceptors (Lipinski definition) is 11. The Hall–Kier alpha value is -1.87. The van der Waals surface area contributed by atoms with Gasteiger partial charge in [-0.2, -0.15) is 8.42 Å². The molecule has 328 valence electrons. The molecule has 0 aromatic rings. The summed E-state index contributed by atoms with van der Waals surface area (Å²) in [5.41, 5.74) is 0. The highest BCUT2D eigenvalue weighted by Gasteiger charge is 2.46. The van der Waals surface area contributed by atoms with Crippen LogP contribution in [0.25, 0.3) is 0 Å². The van der Waals surface area contributed by atoms with Gasteiger partial charge in [0.1, 0.15) is 36.8 Å². The van der Waals surface area contributed by atoms with E-state index < -0.39 is 71.2 Å². The van der Waals surface area contributed by atoms with Crippen LogP contribution in [0.5, 0.6) is 0 Å². The molecule has 1 fully saturated rings. The molecule has 0 bridgehead atoms. The summed E-state index contributed by atoms with van der Waals surface area (Å²) in [6, 6.07) is 0. The molecular formula is C43H78O12S. The van der Waals surface area contributed by atoms with Crippen LogP contribution in [0.4, 0.5) is 0 Å². The van der Waals surface area contributed by atoms with Gasteiger partial charge in [0, 0.05) is 12.8 Å². The number of esters is 2. The number of rotatable bonds is 36. The summed E-state index contributed by atoms with van der Waals surface area (Å²) in [5.74, 6) is -2.00. The van der Waals surface area contributed by atoms with Crippen LogP contribution in [0.15, 0.2) is 24.3 Å². The van der Waals surface area contributed by atoms with E-state index >= 15 is 0 Å². The Labute approximate surface area is 338 Å². The maximum atomic E-state index is 12.8. The zero-order valence-electron chi connectivity index (χ0n) is 34.7. The second kappa shape index (κ2) is 34.0. The molecule has 0 saturated carbocycles. The average molecular weight is 819 g/mol. The van der Waals surface area contributed by atoms with Crippen LogP contribution in [-0.2, 0) is 38.7 Å². The first kappa shape index (κ1) is 52.1. The smallest absolute Gasteiger partial charge is 0.306 e. The molecule has 2 unspecified atom stereocenters. The lowest BCUT2D eigenvalue weighted by molar-refractivity contribution is -0.297. The van der Waals surface area contributed by atoms with Gasteiger partial charge in [-0.3, -0.25) is 14.1 Å². The van der Waals surface area contributed by atoms with E-state index in [1.165, 1.54) is 83.5 Å². The van der Waals surface area contributed by atoms with Gasteiger partial charge in [0.05, 0.1) is 6.61 Å². The first-order valence-electron chi connectivity index (χ1n) is 21.9. The highest BCUT2D eigenvalue weighted by molar-refractivity contribution is 7.85. The number of hydrogen-bond donors (Lipinski definition) is 4. The normalized spacial score (nSPS) is 20.9. The molecule has 0 aromatic carbocycles. The summed E-state index contributed by atoms with van der Waals surface area (Å²) in [5, 5.41) is 30.8. The Morgan fingerprint density at radius 2 is 1.05 bits per heavy atom. The second-order valence-electron chi connectivity index (χ2n) is 15.4. The Kier molecular flexibility index (Phi) is 31.7. The van der Waals surface area contributed by atoms with E-state index in [1.807, 2.05) is 0 Å². The molecule has 1 aliphatic rings. The molecule has 1 heterocycles. The molecule has 12 nitrogen and oxygen atoms in total. The third-order valence-electron chi connectivity index (χ3n) is 10.1. The number of carbonyl (C=O) groups excluding carboxylic acids is 2. The van der Waals surface area contributed by atoms with Crippen LogP contribution in [0, 0.1) is 0 Å². The van der Waals surface area contributed by atoms with Gasteiger partial charge in [0.2, 0.25) is 0 Å². The minimum atomic E-state index is -4.60. The van der Waals surface area contributed by atoms with Gasteiger partial charge in [-0.15, -0.1) is 0 Å². The fourth-order valence-corrected chi connectivity index (χ4v) is 7.30. The summed E-state index contributed by atoms with van der Waals surface area (Å²) in [6.07, 6.45) is 26.5. The molecule has 56 heavy (non-hydrogen) atoms. The third-order valence-corrected chi connectivity index (χ3v) is 10.8. The topological polar surface area (TPSA) is 186 Å². The van der Waals surface area contributed by atoms with Crippen LogP contribution >= 0.6 is 0 Å². The summed E-state index contributed by atoms with van der Waals surface area (Å²) < 4.78 is 54.0. The van der Waals surface area contributed by atoms with Crippen LogP contribution in [0.1, 0.15) is 181 Å². The summed E-state index contributed by atoms with van der Waals surface area (Å²) >= 11 is 0. The van der Waals surface area contributed by atoms with Crippen LogP contribution in [-0.4, -0.2) is 96.0 Å². The monoisotopic (exact) mass is 819 g/mol. The molecule has 6 atom stereocenters. The number of carbonyl (C=O) groups is 2. The lowest BCUT2D eigenvalue weighted by Crippen LogP contribution is -2.60. The Bertz CT molecular complexity index is 1140. The van der Waals surface area contributed by atoms with E-state index in [2.05, 4.69) is 38.2 Å². The van der Waals surface area contributed by atoms with E-state index in [0.717, 1.165) is 57.8 Å². The van der Waals surface area contributed by atoms with E-state index in [9.17, 15) is 37.9 Å². The molecule has 0 aliphatic carbocycles. The SMILES string of the molecule is CCCCCC/C=C/C=C/CCCCCCCC(=O)O[C@H](COC(=O)CCCCCCCCCCCCCCC)CO[C@H]1O[C@H](CS(=O)(=O)O)[C@@H](O)C(O)C1O. The second-order valence-corrected chi connectivity index (χ2v) is 16.9. The van der Waals surface area contributed by atoms with Gasteiger partial charge < -0.3 is 34.3 Å². The average Bonchev–Trinajstić information content (AvgIpc) is 3.16. The maximum Gasteiger partial charge on any atom is 0.306 e. The van der Waals surface area contributed by atoms with Gasteiger partial charge in [0.25, 0.3) is 10.1 Å². The Morgan fingerprint density at radius 3 is 1.55 bits per heavy atom.